The first kappa shape index (κ1) is 13.0. The Hall–Kier alpha value is -1.46. The lowest BCUT2D eigenvalue weighted by Crippen LogP contribution is -2.28. The number of nitrogens with zero attached hydrogens (tertiary/aromatic N) is 3. The third-order valence-electron chi connectivity index (χ3n) is 3.26. The van der Waals surface area contributed by atoms with E-state index in [4.69, 9.17) is 5.11 Å². The molecule has 1 fully saturated rings. The monoisotopic (exact) mass is 249 g/mol. The minimum atomic E-state index is -0.965. The summed E-state index contributed by atoms with van der Waals surface area (Å²) in [5, 5.41) is 8.91. The Morgan fingerprint density at radius 3 is 3.00 bits per heavy atom. The van der Waals surface area contributed by atoms with Crippen LogP contribution in [0, 0.1) is 0 Å². The molecule has 2 heterocycles. The number of carbonyl (C=O) groups is 1. The van der Waals surface area contributed by atoms with Gasteiger partial charge in [-0.1, -0.05) is 0 Å². The van der Waals surface area contributed by atoms with E-state index in [0.717, 1.165) is 44.7 Å². The van der Waals surface area contributed by atoms with E-state index < -0.39 is 5.97 Å². The van der Waals surface area contributed by atoms with E-state index >= 15 is 0 Å². The van der Waals surface area contributed by atoms with Gasteiger partial charge in [-0.25, -0.2) is 9.78 Å². The summed E-state index contributed by atoms with van der Waals surface area (Å²) in [7, 11) is 2.14. The molecule has 0 bridgehead atoms. The summed E-state index contributed by atoms with van der Waals surface area (Å²) in [5.41, 5.74) is 1.14. The van der Waals surface area contributed by atoms with Crippen molar-refractivity contribution in [3.8, 4) is 0 Å². The van der Waals surface area contributed by atoms with Gasteiger partial charge in [0, 0.05) is 25.8 Å². The van der Waals surface area contributed by atoms with Crippen molar-refractivity contribution < 1.29 is 9.90 Å². The molecule has 98 valence electrons. The molecule has 2 rings (SSSR count). The number of pyridine rings is 1. The zero-order valence-corrected chi connectivity index (χ0v) is 10.7. The van der Waals surface area contributed by atoms with Crippen molar-refractivity contribution in [2.75, 3.05) is 33.2 Å². The van der Waals surface area contributed by atoms with Crippen molar-refractivity contribution in [1.29, 1.82) is 0 Å². The molecule has 1 aliphatic heterocycles. The van der Waals surface area contributed by atoms with Gasteiger partial charge in [-0.05, 0) is 44.3 Å². The number of carboxylic acids is 1. The Bertz CT molecular complexity index is 422. The molecule has 0 aromatic carbocycles. The summed E-state index contributed by atoms with van der Waals surface area (Å²) in [4.78, 5) is 19.4. The van der Waals surface area contributed by atoms with Gasteiger partial charge >= 0.3 is 5.97 Å². The second-order valence-corrected chi connectivity index (χ2v) is 4.79. The third-order valence-corrected chi connectivity index (χ3v) is 3.26. The molecule has 1 aliphatic rings. The topological polar surface area (TPSA) is 56.7 Å². The molecule has 1 aromatic heterocycles. The highest BCUT2D eigenvalue weighted by atomic mass is 16.4. The van der Waals surface area contributed by atoms with Gasteiger partial charge in [0.2, 0.25) is 0 Å². The molecule has 1 aromatic rings. The second-order valence-electron chi connectivity index (χ2n) is 4.79. The maximum atomic E-state index is 10.9. The molecule has 0 spiro atoms. The molecule has 18 heavy (non-hydrogen) atoms. The summed E-state index contributed by atoms with van der Waals surface area (Å²) in [6, 6.07) is 3.55. The lowest BCUT2D eigenvalue weighted by Gasteiger charge is -2.20. The summed E-state index contributed by atoms with van der Waals surface area (Å²) in [6.45, 7) is 5.09. The zero-order chi connectivity index (χ0) is 13.0. The van der Waals surface area contributed by atoms with E-state index in [1.165, 1.54) is 0 Å². The summed E-state index contributed by atoms with van der Waals surface area (Å²) < 4.78 is 0. The summed E-state index contributed by atoms with van der Waals surface area (Å²) in [5.74, 6) is -0.965. The number of hydrogen-bond acceptors (Lipinski definition) is 4. The Labute approximate surface area is 107 Å². The Morgan fingerprint density at radius 2 is 2.22 bits per heavy atom. The van der Waals surface area contributed by atoms with Crippen LogP contribution in [0.1, 0.15) is 22.5 Å². The van der Waals surface area contributed by atoms with Crippen LogP contribution < -0.4 is 0 Å². The molecule has 0 aliphatic carbocycles. The highest BCUT2D eigenvalue weighted by Gasteiger charge is 2.13. The standard InChI is InChI=1S/C13H19N3O2/c1-15-5-2-6-16(8-7-15)10-11-3-4-14-12(9-11)13(17)18/h3-4,9H,2,5-8,10H2,1H3,(H,17,18). The SMILES string of the molecule is CN1CCCN(Cc2ccnc(C(=O)O)c2)CC1. The van der Waals surface area contributed by atoms with Crippen LogP contribution >= 0.6 is 0 Å². The van der Waals surface area contributed by atoms with Gasteiger partial charge in [0.1, 0.15) is 5.69 Å². The molecule has 0 saturated carbocycles. The molecular formula is C13H19N3O2. The highest BCUT2D eigenvalue weighted by Crippen LogP contribution is 2.09. The highest BCUT2D eigenvalue weighted by molar-refractivity contribution is 5.85. The van der Waals surface area contributed by atoms with E-state index in [2.05, 4.69) is 21.8 Å². The molecule has 0 unspecified atom stereocenters. The average Bonchev–Trinajstić information content (AvgIpc) is 2.55. The fraction of sp³-hybridized carbons (Fsp3) is 0.538. The maximum absolute atomic E-state index is 10.9. The van der Waals surface area contributed by atoms with Crippen molar-refractivity contribution >= 4 is 5.97 Å². The van der Waals surface area contributed by atoms with E-state index in [1.807, 2.05) is 6.07 Å². The van der Waals surface area contributed by atoms with E-state index in [0.29, 0.717) is 0 Å². The zero-order valence-electron chi connectivity index (χ0n) is 10.7. The quantitative estimate of drug-likeness (QED) is 0.863. The Balaban J connectivity index is 2.00. The van der Waals surface area contributed by atoms with Gasteiger partial charge in [0.05, 0.1) is 0 Å². The number of aromatic carboxylic acids is 1. The first-order chi connectivity index (χ1) is 8.65. The van der Waals surface area contributed by atoms with Crippen molar-refractivity contribution in [1.82, 2.24) is 14.8 Å². The molecule has 0 radical (unpaired) electrons. The minimum Gasteiger partial charge on any atom is -0.477 e. The van der Waals surface area contributed by atoms with Crippen LogP contribution in [-0.2, 0) is 6.54 Å². The number of aromatic nitrogens is 1. The second kappa shape index (κ2) is 5.93. The largest absolute Gasteiger partial charge is 0.477 e. The van der Waals surface area contributed by atoms with Crippen LogP contribution in [0.4, 0.5) is 0 Å². The molecule has 1 N–H and O–H groups in total. The summed E-state index contributed by atoms with van der Waals surface area (Å²) in [6.07, 6.45) is 2.73. The normalized spacial score (nSPS) is 18.5. The minimum absolute atomic E-state index is 0.124. The van der Waals surface area contributed by atoms with Crippen LogP contribution in [0.25, 0.3) is 0 Å². The van der Waals surface area contributed by atoms with Crippen molar-refractivity contribution in [2.45, 2.75) is 13.0 Å². The molecule has 0 amide bonds. The molecular weight excluding hydrogens is 230 g/mol. The lowest BCUT2D eigenvalue weighted by molar-refractivity contribution is 0.0690. The van der Waals surface area contributed by atoms with E-state index in [9.17, 15) is 4.79 Å². The van der Waals surface area contributed by atoms with Gasteiger partial charge in [-0.2, -0.15) is 0 Å². The van der Waals surface area contributed by atoms with Gasteiger partial charge in [0.25, 0.3) is 0 Å². The van der Waals surface area contributed by atoms with Gasteiger partial charge < -0.3 is 10.0 Å². The summed E-state index contributed by atoms with van der Waals surface area (Å²) >= 11 is 0. The smallest absolute Gasteiger partial charge is 0.354 e. The van der Waals surface area contributed by atoms with Gasteiger partial charge in [0.15, 0.2) is 0 Å². The van der Waals surface area contributed by atoms with Crippen molar-refractivity contribution in [3.63, 3.8) is 0 Å². The number of likely N-dealkylation sites (N-methyl/N-ethyl adjacent to an activating group) is 1. The van der Waals surface area contributed by atoms with Gasteiger partial charge in [-0.15, -0.1) is 0 Å². The number of carboxylic acid groups (broad SMARTS) is 1. The van der Waals surface area contributed by atoms with Gasteiger partial charge in [-0.3, -0.25) is 4.90 Å². The average molecular weight is 249 g/mol. The van der Waals surface area contributed by atoms with Crippen LogP contribution in [0.15, 0.2) is 18.3 Å². The molecule has 5 heteroatoms. The van der Waals surface area contributed by atoms with Crippen molar-refractivity contribution in [2.24, 2.45) is 0 Å². The first-order valence-electron chi connectivity index (χ1n) is 6.24. The first-order valence-corrected chi connectivity index (χ1v) is 6.24. The van der Waals surface area contributed by atoms with Crippen LogP contribution in [0.2, 0.25) is 0 Å². The van der Waals surface area contributed by atoms with Crippen molar-refractivity contribution in [3.05, 3.63) is 29.6 Å². The number of rotatable bonds is 3. The van der Waals surface area contributed by atoms with Crippen LogP contribution in [0.5, 0.6) is 0 Å². The predicted octanol–water partition coefficient (Wildman–Crippen LogP) is 0.917. The Morgan fingerprint density at radius 1 is 1.39 bits per heavy atom. The maximum Gasteiger partial charge on any atom is 0.354 e. The van der Waals surface area contributed by atoms with Crippen LogP contribution in [-0.4, -0.2) is 59.1 Å². The van der Waals surface area contributed by atoms with E-state index in [-0.39, 0.29) is 5.69 Å². The lowest BCUT2D eigenvalue weighted by atomic mass is 10.2. The fourth-order valence-corrected chi connectivity index (χ4v) is 2.21. The molecule has 0 atom stereocenters. The third kappa shape index (κ3) is 3.51. The molecule has 1 saturated heterocycles. The van der Waals surface area contributed by atoms with Crippen LogP contribution in [0.3, 0.4) is 0 Å². The Kier molecular flexibility index (Phi) is 4.28. The number of hydrogen-bond donors (Lipinski definition) is 1. The predicted molar refractivity (Wildman–Crippen MR) is 68.6 cm³/mol. The molecule has 5 nitrogen and oxygen atoms in total. The fourth-order valence-electron chi connectivity index (χ4n) is 2.21. The van der Waals surface area contributed by atoms with E-state index in [1.54, 1.807) is 12.3 Å².